The Balaban J connectivity index is 1.84. The lowest BCUT2D eigenvalue weighted by Gasteiger charge is -2.22. The fourth-order valence-corrected chi connectivity index (χ4v) is 2.63. The molecule has 1 amide bonds. The van der Waals surface area contributed by atoms with Gasteiger partial charge in [0.1, 0.15) is 0 Å². The topological polar surface area (TPSA) is 47.6 Å². The highest BCUT2D eigenvalue weighted by molar-refractivity contribution is 5.76. The number of amides is 1. The van der Waals surface area contributed by atoms with E-state index in [1.54, 1.807) is 0 Å². The summed E-state index contributed by atoms with van der Waals surface area (Å²) in [5, 5.41) is 3.10. The van der Waals surface area contributed by atoms with Gasteiger partial charge in [-0.15, -0.1) is 0 Å². The summed E-state index contributed by atoms with van der Waals surface area (Å²) in [6.45, 7) is 6.96. The van der Waals surface area contributed by atoms with E-state index in [9.17, 15) is 4.79 Å². The van der Waals surface area contributed by atoms with Gasteiger partial charge in [-0.05, 0) is 31.6 Å². The van der Waals surface area contributed by atoms with Crippen LogP contribution in [0.25, 0.3) is 0 Å². The quantitative estimate of drug-likeness (QED) is 0.596. The highest BCUT2D eigenvalue weighted by atomic mass is 16.5. The van der Waals surface area contributed by atoms with Crippen LogP contribution in [-0.4, -0.2) is 38.4 Å². The summed E-state index contributed by atoms with van der Waals surface area (Å²) in [5.74, 6) is 0.868. The first-order valence-electron chi connectivity index (χ1n) is 8.63. The zero-order valence-electron chi connectivity index (χ0n) is 13.9. The van der Waals surface area contributed by atoms with Gasteiger partial charge in [0.05, 0.1) is 19.8 Å². The highest BCUT2D eigenvalue weighted by Gasteiger charge is 2.15. The molecule has 0 heterocycles. The van der Waals surface area contributed by atoms with Crippen LogP contribution in [0.4, 0.5) is 0 Å². The molecule has 0 bridgehead atoms. The van der Waals surface area contributed by atoms with Crippen LogP contribution >= 0.6 is 0 Å². The van der Waals surface area contributed by atoms with Gasteiger partial charge >= 0.3 is 0 Å². The maximum atomic E-state index is 11.7. The molecular weight excluding hydrogens is 266 g/mol. The van der Waals surface area contributed by atoms with Gasteiger partial charge in [0, 0.05) is 19.1 Å². The van der Waals surface area contributed by atoms with E-state index < -0.39 is 0 Å². The van der Waals surface area contributed by atoms with Gasteiger partial charge in [-0.2, -0.15) is 0 Å². The molecule has 1 fully saturated rings. The van der Waals surface area contributed by atoms with E-state index in [4.69, 9.17) is 9.47 Å². The number of carbonyl (C=O) groups excluding carboxylic acids is 1. The van der Waals surface area contributed by atoms with E-state index in [-0.39, 0.29) is 5.91 Å². The van der Waals surface area contributed by atoms with E-state index in [0.29, 0.717) is 32.3 Å². The number of hydrogen-bond donors (Lipinski definition) is 1. The molecule has 1 aliphatic carbocycles. The Morgan fingerprint density at radius 3 is 2.38 bits per heavy atom. The first-order chi connectivity index (χ1) is 10.2. The number of nitrogens with one attached hydrogen (secondary N) is 1. The van der Waals surface area contributed by atoms with Crippen molar-refractivity contribution >= 4 is 5.91 Å². The van der Waals surface area contributed by atoms with Gasteiger partial charge in [0.2, 0.25) is 5.91 Å². The maximum absolute atomic E-state index is 11.7. The summed E-state index contributed by atoms with van der Waals surface area (Å²) in [7, 11) is 0. The fourth-order valence-electron chi connectivity index (χ4n) is 2.63. The first-order valence-corrected chi connectivity index (χ1v) is 8.63. The van der Waals surface area contributed by atoms with Gasteiger partial charge in [0.15, 0.2) is 0 Å². The van der Waals surface area contributed by atoms with Crippen molar-refractivity contribution in [1.82, 2.24) is 5.32 Å². The van der Waals surface area contributed by atoms with Crippen LogP contribution in [0.5, 0.6) is 0 Å². The van der Waals surface area contributed by atoms with Crippen LogP contribution < -0.4 is 5.32 Å². The van der Waals surface area contributed by atoms with Crippen molar-refractivity contribution in [2.75, 3.05) is 26.4 Å². The average Bonchev–Trinajstić information content (AvgIpc) is 2.46. The molecular formula is C17H33NO3. The molecule has 1 N–H and O–H groups in total. The summed E-state index contributed by atoms with van der Waals surface area (Å²) in [5.41, 5.74) is 0. The Morgan fingerprint density at radius 1 is 1.05 bits per heavy atom. The second-order valence-corrected chi connectivity index (χ2v) is 6.41. The lowest BCUT2D eigenvalue weighted by atomic mass is 9.95. The molecule has 21 heavy (non-hydrogen) atoms. The number of ether oxygens (including phenoxy) is 2. The van der Waals surface area contributed by atoms with Crippen LogP contribution in [0.15, 0.2) is 0 Å². The number of hydrogen-bond acceptors (Lipinski definition) is 3. The lowest BCUT2D eigenvalue weighted by Crippen LogP contribution is -2.36. The van der Waals surface area contributed by atoms with Crippen LogP contribution in [0, 0.1) is 5.92 Å². The molecule has 1 aliphatic rings. The molecule has 1 rings (SSSR count). The molecule has 1 saturated carbocycles. The van der Waals surface area contributed by atoms with Gasteiger partial charge < -0.3 is 14.8 Å². The summed E-state index contributed by atoms with van der Waals surface area (Å²) in [6, 6.07) is 0.399. The molecule has 0 aromatic rings. The Hall–Kier alpha value is -0.610. The van der Waals surface area contributed by atoms with E-state index in [1.165, 1.54) is 25.7 Å². The van der Waals surface area contributed by atoms with E-state index >= 15 is 0 Å². The van der Waals surface area contributed by atoms with Crippen LogP contribution in [0.2, 0.25) is 0 Å². The smallest absolute Gasteiger partial charge is 0.222 e. The van der Waals surface area contributed by atoms with Gasteiger partial charge in [0.25, 0.3) is 0 Å². The molecule has 4 heteroatoms. The monoisotopic (exact) mass is 299 g/mol. The van der Waals surface area contributed by atoms with Crippen molar-refractivity contribution in [2.24, 2.45) is 5.92 Å². The molecule has 0 aromatic heterocycles. The summed E-state index contributed by atoms with van der Waals surface area (Å²) < 4.78 is 10.9. The van der Waals surface area contributed by atoms with Crippen molar-refractivity contribution in [1.29, 1.82) is 0 Å². The van der Waals surface area contributed by atoms with Gasteiger partial charge in [-0.1, -0.05) is 33.1 Å². The van der Waals surface area contributed by atoms with Crippen LogP contribution in [-0.2, 0) is 14.3 Å². The molecule has 0 aliphatic heterocycles. The zero-order chi connectivity index (χ0) is 15.3. The van der Waals surface area contributed by atoms with Crippen molar-refractivity contribution < 1.29 is 14.3 Å². The second-order valence-electron chi connectivity index (χ2n) is 6.41. The minimum Gasteiger partial charge on any atom is -0.379 e. The fraction of sp³-hybridized carbons (Fsp3) is 0.941. The largest absolute Gasteiger partial charge is 0.379 e. The second kappa shape index (κ2) is 12.0. The van der Waals surface area contributed by atoms with E-state index in [2.05, 4.69) is 19.2 Å². The third kappa shape index (κ3) is 10.7. The van der Waals surface area contributed by atoms with Gasteiger partial charge in [-0.25, -0.2) is 0 Å². The van der Waals surface area contributed by atoms with E-state index in [0.717, 1.165) is 31.8 Å². The lowest BCUT2D eigenvalue weighted by molar-refractivity contribution is -0.123. The Morgan fingerprint density at radius 2 is 1.71 bits per heavy atom. The highest BCUT2D eigenvalue weighted by Crippen LogP contribution is 2.17. The number of rotatable bonds is 11. The predicted octanol–water partition coefficient (Wildman–Crippen LogP) is 3.29. The first kappa shape index (κ1) is 18.4. The Labute approximate surface area is 130 Å². The SMILES string of the molecule is CC(C)CCCOCCOCCC(=O)NC1CCCCC1. The molecule has 0 spiro atoms. The number of carbonyl (C=O) groups is 1. The van der Waals surface area contributed by atoms with Crippen LogP contribution in [0.1, 0.15) is 65.2 Å². The van der Waals surface area contributed by atoms with E-state index in [1.807, 2.05) is 0 Å². The normalized spacial score (nSPS) is 16.3. The molecule has 4 nitrogen and oxygen atoms in total. The van der Waals surface area contributed by atoms with Crippen molar-refractivity contribution in [3.8, 4) is 0 Å². The summed E-state index contributed by atoms with van der Waals surface area (Å²) >= 11 is 0. The van der Waals surface area contributed by atoms with Crippen molar-refractivity contribution in [3.05, 3.63) is 0 Å². The maximum Gasteiger partial charge on any atom is 0.222 e. The Bertz CT molecular complexity index is 263. The standard InChI is InChI=1S/C17H33NO3/c1-15(2)7-6-11-20-13-14-21-12-10-17(19)18-16-8-4-3-5-9-16/h15-16H,3-14H2,1-2H3,(H,18,19). The molecule has 0 atom stereocenters. The zero-order valence-corrected chi connectivity index (χ0v) is 13.9. The van der Waals surface area contributed by atoms with Crippen molar-refractivity contribution in [3.63, 3.8) is 0 Å². The van der Waals surface area contributed by atoms with Gasteiger partial charge in [-0.3, -0.25) is 4.79 Å². The molecule has 0 saturated heterocycles. The van der Waals surface area contributed by atoms with Crippen molar-refractivity contribution in [2.45, 2.75) is 71.3 Å². The predicted molar refractivity (Wildman–Crippen MR) is 85.3 cm³/mol. The third-order valence-electron chi connectivity index (χ3n) is 3.89. The minimum atomic E-state index is 0.125. The molecule has 0 unspecified atom stereocenters. The molecule has 0 aromatic carbocycles. The minimum absolute atomic E-state index is 0.125. The molecule has 0 radical (unpaired) electrons. The third-order valence-corrected chi connectivity index (χ3v) is 3.89. The Kier molecular flexibility index (Phi) is 10.5. The van der Waals surface area contributed by atoms with Crippen LogP contribution in [0.3, 0.4) is 0 Å². The molecule has 124 valence electrons. The summed E-state index contributed by atoms with van der Waals surface area (Å²) in [4.78, 5) is 11.7. The average molecular weight is 299 g/mol. The summed E-state index contributed by atoms with van der Waals surface area (Å²) in [6.07, 6.45) is 8.86.